The number of carboxylic acid groups (broad SMARTS) is 1. The van der Waals surface area contributed by atoms with E-state index in [0.29, 0.717) is 5.56 Å². The number of aromatic nitrogens is 1. The van der Waals surface area contributed by atoms with Crippen molar-refractivity contribution in [3.8, 4) is 11.3 Å². The number of benzene rings is 1. The van der Waals surface area contributed by atoms with E-state index in [1.165, 1.54) is 0 Å². The summed E-state index contributed by atoms with van der Waals surface area (Å²) in [7, 11) is 0. The molecule has 0 saturated heterocycles. The molecule has 100 valence electrons. The lowest BCUT2D eigenvalue weighted by atomic mass is 10.1. The number of nitrogens with zero attached hydrogens (tertiary/aromatic N) is 1. The molecule has 3 nitrogen and oxygen atoms in total. The molecule has 0 atom stereocenters. The van der Waals surface area contributed by atoms with Crippen LogP contribution in [0.5, 0.6) is 0 Å². The summed E-state index contributed by atoms with van der Waals surface area (Å²) in [5.41, 5.74) is 4.61. The fraction of sp³-hybridized carbons (Fsp3) is 0.0625. The molecule has 3 rings (SSSR count). The largest absolute Gasteiger partial charge is 0.478 e. The Morgan fingerprint density at radius 3 is 2.50 bits per heavy atom. The number of carboxylic acids is 1. The van der Waals surface area contributed by atoms with Crippen LogP contribution in [0.25, 0.3) is 16.8 Å². The van der Waals surface area contributed by atoms with Gasteiger partial charge in [-0.25, -0.2) is 4.79 Å². The van der Waals surface area contributed by atoms with Crippen LogP contribution in [-0.2, 0) is 0 Å². The lowest BCUT2D eigenvalue weighted by Gasteiger charge is -2.05. The van der Waals surface area contributed by atoms with E-state index in [1.54, 1.807) is 12.1 Å². The Morgan fingerprint density at radius 2 is 1.85 bits per heavy atom. The summed E-state index contributed by atoms with van der Waals surface area (Å²) in [5.74, 6) is -0.908. The molecule has 3 aromatic rings. The SMILES string of the molecule is Cc1c(Br)c2ccccn2c1-c1ccc(C(=O)O)cc1. The molecule has 0 saturated carbocycles. The van der Waals surface area contributed by atoms with Crippen LogP contribution in [-0.4, -0.2) is 15.5 Å². The molecule has 4 heteroatoms. The van der Waals surface area contributed by atoms with Crippen LogP contribution in [0.15, 0.2) is 53.1 Å². The van der Waals surface area contributed by atoms with Gasteiger partial charge in [-0.15, -0.1) is 0 Å². The number of hydrogen-bond donors (Lipinski definition) is 1. The number of carbonyl (C=O) groups is 1. The Balaban J connectivity index is 2.24. The molecule has 20 heavy (non-hydrogen) atoms. The second-order valence-corrected chi connectivity index (χ2v) is 5.42. The molecular formula is C16H12BrNO2. The van der Waals surface area contributed by atoms with Gasteiger partial charge < -0.3 is 9.51 Å². The first-order valence-corrected chi connectivity index (χ1v) is 6.98. The number of halogens is 1. The minimum absolute atomic E-state index is 0.298. The lowest BCUT2D eigenvalue weighted by molar-refractivity contribution is 0.0697. The molecule has 0 aliphatic heterocycles. The molecule has 2 heterocycles. The van der Waals surface area contributed by atoms with E-state index in [0.717, 1.165) is 26.8 Å². The number of fused-ring (bicyclic) bond motifs is 1. The average molecular weight is 330 g/mol. The molecule has 0 unspecified atom stereocenters. The Morgan fingerprint density at radius 1 is 1.15 bits per heavy atom. The molecule has 0 spiro atoms. The Kier molecular flexibility index (Phi) is 3.10. The second-order valence-electron chi connectivity index (χ2n) is 4.63. The number of hydrogen-bond acceptors (Lipinski definition) is 1. The van der Waals surface area contributed by atoms with Crippen LogP contribution < -0.4 is 0 Å². The maximum atomic E-state index is 10.9. The van der Waals surface area contributed by atoms with Crippen molar-refractivity contribution in [3.05, 3.63) is 64.3 Å². The van der Waals surface area contributed by atoms with Crippen molar-refractivity contribution >= 4 is 27.4 Å². The fourth-order valence-corrected chi connectivity index (χ4v) is 2.93. The zero-order valence-corrected chi connectivity index (χ0v) is 12.4. The summed E-state index contributed by atoms with van der Waals surface area (Å²) in [4.78, 5) is 10.9. The highest BCUT2D eigenvalue weighted by Crippen LogP contribution is 2.34. The minimum Gasteiger partial charge on any atom is -0.478 e. The Labute approximate surface area is 124 Å². The predicted octanol–water partition coefficient (Wildman–Crippen LogP) is 4.38. The van der Waals surface area contributed by atoms with Gasteiger partial charge in [0.25, 0.3) is 0 Å². The predicted molar refractivity (Wildman–Crippen MR) is 82.2 cm³/mol. The van der Waals surface area contributed by atoms with Gasteiger partial charge in [-0.1, -0.05) is 18.2 Å². The van der Waals surface area contributed by atoms with E-state index in [4.69, 9.17) is 5.11 Å². The maximum Gasteiger partial charge on any atom is 0.335 e. The first-order valence-electron chi connectivity index (χ1n) is 6.18. The van der Waals surface area contributed by atoms with Gasteiger partial charge in [-0.3, -0.25) is 0 Å². The van der Waals surface area contributed by atoms with Gasteiger partial charge in [0.2, 0.25) is 0 Å². The average Bonchev–Trinajstić information content (AvgIpc) is 2.72. The summed E-state index contributed by atoms with van der Waals surface area (Å²) in [6, 6.07) is 13.0. The minimum atomic E-state index is -0.908. The van der Waals surface area contributed by atoms with E-state index in [-0.39, 0.29) is 0 Å². The van der Waals surface area contributed by atoms with Crippen LogP contribution in [0.1, 0.15) is 15.9 Å². The van der Waals surface area contributed by atoms with Gasteiger partial charge in [0.05, 0.1) is 16.8 Å². The number of rotatable bonds is 2. The van der Waals surface area contributed by atoms with Crippen LogP contribution in [0.2, 0.25) is 0 Å². The third-order valence-electron chi connectivity index (χ3n) is 3.42. The van der Waals surface area contributed by atoms with E-state index < -0.39 is 5.97 Å². The van der Waals surface area contributed by atoms with Crippen molar-refractivity contribution in [2.24, 2.45) is 0 Å². The van der Waals surface area contributed by atoms with Crippen molar-refractivity contribution in [1.82, 2.24) is 4.40 Å². The summed E-state index contributed by atoms with van der Waals surface area (Å²) in [6.07, 6.45) is 2.01. The molecule has 2 aromatic heterocycles. The summed E-state index contributed by atoms with van der Waals surface area (Å²) < 4.78 is 3.17. The normalized spacial score (nSPS) is 10.9. The number of pyridine rings is 1. The summed E-state index contributed by atoms with van der Waals surface area (Å²) >= 11 is 3.62. The fourth-order valence-electron chi connectivity index (χ4n) is 2.42. The van der Waals surface area contributed by atoms with E-state index in [9.17, 15) is 4.79 Å². The van der Waals surface area contributed by atoms with Crippen molar-refractivity contribution < 1.29 is 9.90 Å². The van der Waals surface area contributed by atoms with Crippen molar-refractivity contribution in [2.45, 2.75) is 6.92 Å². The molecular weight excluding hydrogens is 318 g/mol. The quantitative estimate of drug-likeness (QED) is 0.758. The smallest absolute Gasteiger partial charge is 0.335 e. The molecule has 0 fully saturated rings. The third kappa shape index (κ3) is 1.93. The first-order chi connectivity index (χ1) is 9.59. The number of aromatic carboxylic acids is 1. The highest BCUT2D eigenvalue weighted by atomic mass is 79.9. The topological polar surface area (TPSA) is 41.7 Å². The molecule has 0 aliphatic carbocycles. The maximum absolute atomic E-state index is 10.9. The third-order valence-corrected chi connectivity index (χ3v) is 4.42. The standard InChI is InChI=1S/C16H12BrNO2/c1-10-14(17)13-4-2-3-9-18(13)15(10)11-5-7-12(8-6-11)16(19)20/h2-9H,1H3,(H,19,20). The van der Waals surface area contributed by atoms with Gasteiger partial charge in [-0.2, -0.15) is 0 Å². The van der Waals surface area contributed by atoms with Gasteiger partial charge in [0.15, 0.2) is 0 Å². The molecule has 1 aromatic carbocycles. The van der Waals surface area contributed by atoms with Gasteiger partial charge in [0.1, 0.15) is 0 Å². The second kappa shape index (κ2) is 4.80. The highest BCUT2D eigenvalue weighted by molar-refractivity contribution is 9.10. The van der Waals surface area contributed by atoms with Crippen molar-refractivity contribution in [1.29, 1.82) is 0 Å². The zero-order valence-electron chi connectivity index (χ0n) is 10.8. The molecule has 0 amide bonds. The zero-order chi connectivity index (χ0) is 14.3. The van der Waals surface area contributed by atoms with E-state index >= 15 is 0 Å². The van der Waals surface area contributed by atoms with Crippen molar-refractivity contribution in [2.75, 3.05) is 0 Å². The molecule has 0 bridgehead atoms. The van der Waals surface area contributed by atoms with Gasteiger partial charge in [-0.05, 0) is 58.2 Å². The van der Waals surface area contributed by atoms with Crippen LogP contribution >= 0.6 is 15.9 Å². The Bertz CT molecular complexity index is 803. The summed E-state index contributed by atoms with van der Waals surface area (Å²) in [6.45, 7) is 2.05. The Hall–Kier alpha value is -2.07. The van der Waals surface area contributed by atoms with Crippen LogP contribution in [0, 0.1) is 6.92 Å². The van der Waals surface area contributed by atoms with Crippen LogP contribution in [0.3, 0.4) is 0 Å². The van der Waals surface area contributed by atoms with Gasteiger partial charge in [0, 0.05) is 10.7 Å². The summed E-state index contributed by atoms with van der Waals surface area (Å²) in [5, 5.41) is 8.96. The molecule has 1 N–H and O–H groups in total. The van der Waals surface area contributed by atoms with Gasteiger partial charge >= 0.3 is 5.97 Å². The molecule has 0 radical (unpaired) electrons. The first kappa shape index (κ1) is 12.9. The van der Waals surface area contributed by atoms with Crippen LogP contribution in [0.4, 0.5) is 0 Å². The molecule has 0 aliphatic rings. The monoisotopic (exact) mass is 329 g/mol. The van der Waals surface area contributed by atoms with E-state index in [1.807, 2.05) is 36.5 Å². The highest BCUT2D eigenvalue weighted by Gasteiger charge is 2.14. The van der Waals surface area contributed by atoms with Crippen molar-refractivity contribution in [3.63, 3.8) is 0 Å². The van der Waals surface area contributed by atoms with E-state index in [2.05, 4.69) is 27.3 Å². The lowest BCUT2D eigenvalue weighted by Crippen LogP contribution is -1.96.